The third kappa shape index (κ3) is 3.69. The fraction of sp³-hybridized carbons (Fsp3) is 0.400. The number of nitrogens with one attached hydrogen (secondary N) is 1. The Labute approximate surface area is 159 Å². The van der Waals surface area contributed by atoms with Gasteiger partial charge in [-0.3, -0.25) is 4.79 Å². The van der Waals surface area contributed by atoms with Gasteiger partial charge in [0.25, 0.3) is 0 Å². The van der Waals surface area contributed by atoms with Crippen molar-refractivity contribution in [3.8, 4) is 0 Å². The van der Waals surface area contributed by atoms with Gasteiger partial charge in [0.2, 0.25) is 5.91 Å². The average molecular weight is 371 g/mol. The molecule has 2 fully saturated rings. The van der Waals surface area contributed by atoms with Crippen LogP contribution in [0, 0.1) is 5.92 Å². The van der Waals surface area contributed by atoms with Gasteiger partial charge in [-0.2, -0.15) is 0 Å². The van der Waals surface area contributed by atoms with E-state index in [9.17, 15) is 4.79 Å². The number of anilines is 2. The summed E-state index contributed by atoms with van der Waals surface area (Å²) in [5.41, 5.74) is 1.82. The summed E-state index contributed by atoms with van der Waals surface area (Å²) in [6.07, 6.45) is 2.60. The molecule has 1 saturated carbocycles. The molecular weight excluding hydrogens is 348 g/mol. The van der Waals surface area contributed by atoms with Gasteiger partial charge in [0, 0.05) is 37.1 Å². The highest BCUT2D eigenvalue weighted by Gasteiger charge is 2.44. The minimum absolute atomic E-state index is 0.00721. The number of hydrogen-bond acceptors (Lipinski definition) is 4. The molecule has 0 bridgehead atoms. The van der Waals surface area contributed by atoms with Gasteiger partial charge in [-0.15, -0.1) is 0 Å². The molecule has 136 valence electrons. The maximum Gasteiger partial charge on any atom is 0.228 e. The van der Waals surface area contributed by atoms with Crippen molar-refractivity contribution in [1.82, 2.24) is 9.88 Å². The van der Waals surface area contributed by atoms with Crippen LogP contribution in [0.25, 0.3) is 0 Å². The number of carbonyl (C=O) groups is 1. The highest BCUT2D eigenvalue weighted by Crippen LogP contribution is 2.49. The number of piperazine rings is 1. The van der Waals surface area contributed by atoms with Crippen LogP contribution in [-0.4, -0.2) is 49.0 Å². The number of aromatic nitrogens is 1. The number of benzene rings is 1. The van der Waals surface area contributed by atoms with Crippen LogP contribution < -0.4 is 10.2 Å². The number of rotatable bonds is 4. The van der Waals surface area contributed by atoms with Gasteiger partial charge in [-0.05, 0) is 43.1 Å². The lowest BCUT2D eigenvalue weighted by molar-refractivity contribution is -0.117. The molecule has 4 rings (SSSR count). The molecule has 0 spiro atoms. The summed E-state index contributed by atoms with van der Waals surface area (Å²) in [6.45, 7) is 4.06. The molecule has 1 aliphatic heterocycles. The summed E-state index contributed by atoms with van der Waals surface area (Å²) >= 11 is 6.24. The van der Waals surface area contributed by atoms with Gasteiger partial charge in [-0.1, -0.05) is 29.8 Å². The van der Waals surface area contributed by atoms with E-state index in [0.717, 1.165) is 54.7 Å². The average Bonchev–Trinajstić information content (AvgIpc) is 3.44. The topological polar surface area (TPSA) is 48.5 Å². The Hall–Kier alpha value is -2.11. The van der Waals surface area contributed by atoms with E-state index in [1.54, 1.807) is 6.20 Å². The van der Waals surface area contributed by atoms with Crippen LogP contribution in [0.3, 0.4) is 0 Å². The number of halogens is 1. The molecule has 26 heavy (non-hydrogen) atoms. The second-order valence-electron chi connectivity index (χ2n) is 7.15. The number of hydrogen-bond donors (Lipinski definition) is 1. The van der Waals surface area contributed by atoms with E-state index in [2.05, 4.69) is 27.1 Å². The van der Waals surface area contributed by atoms with E-state index >= 15 is 0 Å². The Morgan fingerprint density at radius 2 is 1.92 bits per heavy atom. The van der Waals surface area contributed by atoms with E-state index in [0.29, 0.717) is 0 Å². The van der Waals surface area contributed by atoms with Gasteiger partial charge < -0.3 is 15.1 Å². The summed E-state index contributed by atoms with van der Waals surface area (Å²) in [5, 5.41) is 3.73. The minimum Gasteiger partial charge on any atom is -0.354 e. The zero-order valence-corrected chi connectivity index (χ0v) is 15.6. The van der Waals surface area contributed by atoms with Crippen LogP contribution in [0.5, 0.6) is 0 Å². The van der Waals surface area contributed by atoms with Crippen LogP contribution in [0.15, 0.2) is 42.6 Å². The summed E-state index contributed by atoms with van der Waals surface area (Å²) in [5.74, 6) is 1.23. The smallest absolute Gasteiger partial charge is 0.228 e. The Kier molecular flexibility index (Phi) is 4.83. The SMILES string of the molecule is CN1CCN(c2ccc(NC(=O)C3CC3c3ccccc3Cl)cn2)CC1. The Morgan fingerprint density at radius 3 is 2.62 bits per heavy atom. The van der Waals surface area contributed by atoms with Gasteiger partial charge in [0.05, 0.1) is 11.9 Å². The Morgan fingerprint density at radius 1 is 1.15 bits per heavy atom. The number of amides is 1. The number of pyridine rings is 1. The number of likely N-dealkylation sites (N-methyl/N-ethyl adjacent to an activating group) is 1. The molecule has 1 aromatic heterocycles. The fourth-order valence-corrected chi connectivity index (χ4v) is 3.80. The molecule has 2 aliphatic rings. The predicted octanol–water partition coefficient (Wildman–Crippen LogP) is 3.23. The molecule has 6 heteroatoms. The third-order valence-corrected chi connectivity index (χ3v) is 5.62. The van der Waals surface area contributed by atoms with Crippen LogP contribution in [0.2, 0.25) is 5.02 Å². The first-order valence-electron chi connectivity index (χ1n) is 9.06. The van der Waals surface area contributed by atoms with Crippen LogP contribution in [-0.2, 0) is 4.79 Å². The summed E-state index contributed by atoms with van der Waals surface area (Å²) in [6, 6.07) is 11.7. The van der Waals surface area contributed by atoms with Crippen molar-refractivity contribution < 1.29 is 4.79 Å². The maximum absolute atomic E-state index is 12.5. The van der Waals surface area contributed by atoms with E-state index in [1.807, 2.05) is 36.4 Å². The molecule has 2 unspecified atom stereocenters. The van der Waals surface area contributed by atoms with E-state index < -0.39 is 0 Å². The quantitative estimate of drug-likeness (QED) is 0.897. The van der Waals surface area contributed by atoms with E-state index in [-0.39, 0.29) is 17.7 Å². The molecule has 0 radical (unpaired) electrons. The largest absolute Gasteiger partial charge is 0.354 e. The van der Waals surface area contributed by atoms with Gasteiger partial charge >= 0.3 is 0 Å². The molecule has 2 heterocycles. The Bertz CT molecular complexity index is 787. The number of nitrogens with zero attached hydrogens (tertiary/aromatic N) is 3. The van der Waals surface area contributed by atoms with Crippen LogP contribution in [0.1, 0.15) is 17.9 Å². The molecule has 2 atom stereocenters. The van der Waals surface area contributed by atoms with Gasteiger partial charge in [0.15, 0.2) is 0 Å². The van der Waals surface area contributed by atoms with Crippen molar-refractivity contribution in [3.63, 3.8) is 0 Å². The first-order chi connectivity index (χ1) is 12.6. The minimum atomic E-state index is -0.00721. The zero-order chi connectivity index (χ0) is 18.1. The molecular formula is C20H23ClN4O. The van der Waals surface area contributed by atoms with Crippen molar-refractivity contribution in [2.75, 3.05) is 43.4 Å². The van der Waals surface area contributed by atoms with Crippen LogP contribution in [0.4, 0.5) is 11.5 Å². The second kappa shape index (κ2) is 7.25. The lowest BCUT2D eigenvalue weighted by Crippen LogP contribution is -2.44. The normalized spacial score (nSPS) is 22.9. The van der Waals surface area contributed by atoms with Gasteiger partial charge in [0.1, 0.15) is 5.82 Å². The van der Waals surface area contributed by atoms with E-state index in [4.69, 9.17) is 11.6 Å². The molecule has 1 N–H and O–H groups in total. The molecule has 1 amide bonds. The first kappa shape index (κ1) is 17.3. The van der Waals surface area contributed by atoms with Crippen molar-refractivity contribution in [1.29, 1.82) is 0 Å². The molecule has 2 aromatic rings. The molecule has 1 aliphatic carbocycles. The summed E-state index contributed by atoms with van der Waals surface area (Å²) in [4.78, 5) is 21.6. The number of carbonyl (C=O) groups excluding carboxylic acids is 1. The Balaban J connectivity index is 1.35. The standard InChI is InChI=1S/C20H23ClN4O/c1-24-8-10-25(11-9-24)19-7-6-14(13-22-19)23-20(26)17-12-16(17)15-4-2-3-5-18(15)21/h2-7,13,16-17H,8-12H2,1H3,(H,23,26). The summed E-state index contributed by atoms with van der Waals surface area (Å²) in [7, 11) is 2.14. The summed E-state index contributed by atoms with van der Waals surface area (Å²) < 4.78 is 0. The maximum atomic E-state index is 12.5. The third-order valence-electron chi connectivity index (χ3n) is 5.27. The van der Waals surface area contributed by atoms with Crippen molar-refractivity contribution in [2.45, 2.75) is 12.3 Å². The monoisotopic (exact) mass is 370 g/mol. The second-order valence-corrected chi connectivity index (χ2v) is 7.56. The molecule has 1 aromatic carbocycles. The van der Waals surface area contributed by atoms with Crippen molar-refractivity contribution in [2.24, 2.45) is 5.92 Å². The highest BCUT2D eigenvalue weighted by atomic mass is 35.5. The fourth-order valence-electron chi connectivity index (χ4n) is 3.52. The van der Waals surface area contributed by atoms with Gasteiger partial charge in [-0.25, -0.2) is 4.98 Å². The highest BCUT2D eigenvalue weighted by molar-refractivity contribution is 6.31. The van der Waals surface area contributed by atoms with E-state index in [1.165, 1.54) is 0 Å². The molecule has 5 nitrogen and oxygen atoms in total. The lowest BCUT2D eigenvalue weighted by atomic mass is 10.1. The zero-order valence-electron chi connectivity index (χ0n) is 14.9. The first-order valence-corrected chi connectivity index (χ1v) is 9.44. The van der Waals surface area contributed by atoms with Crippen molar-refractivity contribution in [3.05, 3.63) is 53.2 Å². The van der Waals surface area contributed by atoms with Crippen LogP contribution >= 0.6 is 11.6 Å². The molecule has 1 saturated heterocycles. The lowest BCUT2D eigenvalue weighted by Gasteiger charge is -2.33. The predicted molar refractivity (Wildman–Crippen MR) is 105 cm³/mol. The van der Waals surface area contributed by atoms with Crippen molar-refractivity contribution >= 4 is 29.0 Å².